The molecule has 0 N–H and O–H groups in total. The van der Waals surface area contributed by atoms with Gasteiger partial charge in [0.25, 0.3) is 0 Å². The molecule has 0 spiro atoms. The normalized spacial score (nSPS) is 36.9. The summed E-state index contributed by atoms with van der Waals surface area (Å²) in [6.07, 6.45) is 8.25. The fraction of sp³-hybridized carbons (Fsp3) is 0.929. The highest BCUT2D eigenvalue weighted by Gasteiger charge is 2.33. The first-order chi connectivity index (χ1) is 7.72. The molecular formula is C14H25NO. The average Bonchev–Trinajstić information content (AvgIpc) is 2.63. The molecule has 1 saturated heterocycles. The van der Waals surface area contributed by atoms with Gasteiger partial charge in [0.1, 0.15) is 5.78 Å². The van der Waals surface area contributed by atoms with Crippen LogP contribution in [0.5, 0.6) is 0 Å². The molecule has 3 unspecified atom stereocenters. The standard InChI is InChI=1S/C14H25NO/c1-3-13-9-8-11(2)15(13)10-12-6-4-5-7-14(12)16/h11-13H,3-10H2,1-2H3. The van der Waals surface area contributed by atoms with Crippen LogP contribution >= 0.6 is 0 Å². The monoisotopic (exact) mass is 223 g/mol. The third-order valence-electron chi connectivity index (χ3n) is 4.54. The lowest BCUT2D eigenvalue weighted by atomic mass is 9.87. The van der Waals surface area contributed by atoms with Gasteiger partial charge in [-0.1, -0.05) is 13.3 Å². The minimum atomic E-state index is 0.350. The summed E-state index contributed by atoms with van der Waals surface area (Å²) in [5.74, 6) is 0.878. The van der Waals surface area contributed by atoms with Gasteiger partial charge in [0.15, 0.2) is 0 Å². The topological polar surface area (TPSA) is 20.3 Å². The van der Waals surface area contributed by atoms with E-state index in [4.69, 9.17) is 0 Å². The molecule has 0 radical (unpaired) electrons. The summed E-state index contributed by atoms with van der Waals surface area (Å²) in [6.45, 7) is 5.64. The van der Waals surface area contributed by atoms with Crippen molar-refractivity contribution in [2.24, 2.45) is 5.92 Å². The second-order valence-corrected chi connectivity index (χ2v) is 5.59. The second kappa shape index (κ2) is 5.31. The van der Waals surface area contributed by atoms with Crippen LogP contribution in [0.2, 0.25) is 0 Å². The highest BCUT2D eigenvalue weighted by molar-refractivity contribution is 5.81. The van der Waals surface area contributed by atoms with E-state index < -0.39 is 0 Å². The molecule has 2 fully saturated rings. The van der Waals surface area contributed by atoms with Gasteiger partial charge < -0.3 is 0 Å². The van der Waals surface area contributed by atoms with E-state index in [2.05, 4.69) is 18.7 Å². The van der Waals surface area contributed by atoms with Crippen molar-refractivity contribution < 1.29 is 4.79 Å². The van der Waals surface area contributed by atoms with Crippen molar-refractivity contribution in [2.45, 2.75) is 70.9 Å². The summed E-state index contributed by atoms with van der Waals surface area (Å²) in [4.78, 5) is 14.5. The van der Waals surface area contributed by atoms with Crippen LogP contribution in [-0.2, 0) is 4.79 Å². The molecule has 2 heteroatoms. The van der Waals surface area contributed by atoms with Crippen LogP contribution in [-0.4, -0.2) is 29.3 Å². The first-order valence-corrected chi connectivity index (χ1v) is 7.00. The van der Waals surface area contributed by atoms with E-state index in [9.17, 15) is 4.79 Å². The van der Waals surface area contributed by atoms with Crippen LogP contribution in [0.1, 0.15) is 58.8 Å². The molecule has 0 aromatic carbocycles. The van der Waals surface area contributed by atoms with Gasteiger partial charge in [-0.3, -0.25) is 9.69 Å². The van der Waals surface area contributed by atoms with Crippen molar-refractivity contribution in [1.29, 1.82) is 0 Å². The molecule has 0 aromatic rings. The van der Waals surface area contributed by atoms with Gasteiger partial charge in [-0.25, -0.2) is 0 Å². The van der Waals surface area contributed by atoms with E-state index in [0.717, 1.165) is 31.8 Å². The predicted molar refractivity (Wildman–Crippen MR) is 66.4 cm³/mol. The Morgan fingerprint density at radius 3 is 2.75 bits per heavy atom. The van der Waals surface area contributed by atoms with Gasteiger partial charge >= 0.3 is 0 Å². The van der Waals surface area contributed by atoms with Gasteiger partial charge in [0, 0.05) is 31.0 Å². The van der Waals surface area contributed by atoms with Gasteiger partial charge in [-0.15, -0.1) is 0 Å². The Bertz CT molecular complexity index is 251. The summed E-state index contributed by atoms with van der Waals surface area (Å²) >= 11 is 0. The summed E-state index contributed by atoms with van der Waals surface area (Å²) in [7, 11) is 0. The van der Waals surface area contributed by atoms with Crippen LogP contribution < -0.4 is 0 Å². The Balaban J connectivity index is 1.93. The number of carbonyl (C=O) groups excluding carboxylic acids is 1. The van der Waals surface area contributed by atoms with Gasteiger partial charge in [-0.05, 0) is 39.0 Å². The number of hydrogen-bond donors (Lipinski definition) is 0. The molecule has 1 aliphatic heterocycles. The van der Waals surface area contributed by atoms with Crippen LogP contribution in [0.25, 0.3) is 0 Å². The van der Waals surface area contributed by atoms with Gasteiger partial charge in [0.05, 0.1) is 0 Å². The number of nitrogens with zero attached hydrogens (tertiary/aromatic N) is 1. The molecule has 0 bridgehead atoms. The fourth-order valence-corrected chi connectivity index (χ4v) is 3.40. The minimum Gasteiger partial charge on any atom is -0.299 e. The number of ketones is 1. The molecule has 2 aliphatic rings. The van der Waals surface area contributed by atoms with E-state index in [0.29, 0.717) is 17.7 Å². The molecule has 2 nitrogen and oxygen atoms in total. The number of carbonyl (C=O) groups is 1. The third kappa shape index (κ3) is 2.48. The lowest BCUT2D eigenvalue weighted by Crippen LogP contribution is -2.40. The van der Waals surface area contributed by atoms with Crippen molar-refractivity contribution in [3.05, 3.63) is 0 Å². The van der Waals surface area contributed by atoms with E-state index >= 15 is 0 Å². The Kier molecular flexibility index (Phi) is 4.01. The van der Waals surface area contributed by atoms with Crippen LogP contribution in [0.3, 0.4) is 0 Å². The molecule has 1 heterocycles. The van der Waals surface area contributed by atoms with E-state index in [1.165, 1.54) is 25.7 Å². The third-order valence-corrected chi connectivity index (χ3v) is 4.54. The van der Waals surface area contributed by atoms with Crippen LogP contribution in [0.15, 0.2) is 0 Å². The van der Waals surface area contributed by atoms with Crippen LogP contribution in [0, 0.1) is 5.92 Å². The molecule has 0 aromatic heterocycles. The highest BCUT2D eigenvalue weighted by Crippen LogP contribution is 2.30. The van der Waals surface area contributed by atoms with E-state index in [1.54, 1.807) is 0 Å². The van der Waals surface area contributed by atoms with E-state index in [-0.39, 0.29) is 0 Å². The molecule has 1 aliphatic carbocycles. The Morgan fingerprint density at radius 1 is 1.25 bits per heavy atom. The molecule has 2 rings (SSSR count). The lowest BCUT2D eigenvalue weighted by molar-refractivity contribution is -0.125. The molecular weight excluding hydrogens is 198 g/mol. The summed E-state index contributed by atoms with van der Waals surface area (Å²) < 4.78 is 0. The molecule has 92 valence electrons. The smallest absolute Gasteiger partial charge is 0.137 e. The van der Waals surface area contributed by atoms with Gasteiger partial charge in [-0.2, -0.15) is 0 Å². The average molecular weight is 223 g/mol. The Hall–Kier alpha value is -0.370. The molecule has 3 atom stereocenters. The minimum absolute atomic E-state index is 0.350. The summed E-state index contributed by atoms with van der Waals surface area (Å²) in [5, 5.41) is 0. The SMILES string of the molecule is CCC1CCC(C)N1CC1CCCCC1=O. The lowest BCUT2D eigenvalue weighted by Gasteiger charge is -2.32. The maximum Gasteiger partial charge on any atom is 0.137 e. The number of Topliss-reactive ketones (excluding diaryl/α,β-unsaturated/α-hetero) is 1. The van der Waals surface area contributed by atoms with Gasteiger partial charge in [0.2, 0.25) is 0 Å². The van der Waals surface area contributed by atoms with Crippen molar-refractivity contribution in [1.82, 2.24) is 4.90 Å². The maximum atomic E-state index is 11.9. The molecule has 16 heavy (non-hydrogen) atoms. The van der Waals surface area contributed by atoms with Crippen molar-refractivity contribution in [3.63, 3.8) is 0 Å². The fourth-order valence-electron chi connectivity index (χ4n) is 3.40. The predicted octanol–water partition coefficient (Wildman–Crippen LogP) is 3.01. The largest absolute Gasteiger partial charge is 0.299 e. The van der Waals surface area contributed by atoms with Crippen molar-refractivity contribution >= 4 is 5.78 Å². The van der Waals surface area contributed by atoms with E-state index in [1.807, 2.05) is 0 Å². The van der Waals surface area contributed by atoms with Crippen molar-refractivity contribution in [3.8, 4) is 0 Å². The van der Waals surface area contributed by atoms with Crippen LogP contribution in [0.4, 0.5) is 0 Å². The first-order valence-electron chi connectivity index (χ1n) is 7.00. The summed E-state index contributed by atoms with van der Waals surface area (Å²) in [6, 6.07) is 1.43. The molecule has 0 amide bonds. The zero-order valence-electron chi connectivity index (χ0n) is 10.7. The number of likely N-dealkylation sites (tertiary alicyclic amines) is 1. The maximum absolute atomic E-state index is 11.9. The zero-order valence-corrected chi connectivity index (χ0v) is 10.7. The number of rotatable bonds is 3. The first kappa shape index (κ1) is 12.1. The summed E-state index contributed by atoms with van der Waals surface area (Å²) in [5.41, 5.74) is 0. The molecule has 1 saturated carbocycles. The zero-order chi connectivity index (χ0) is 11.5. The number of hydrogen-bond acceptors (Lipinski definition) is 2. The Morgan fingerprint density at radius 2 is 2.06 bits per heavy atom. The Labute approximate surface area is 99.4 Å². The highest BCUT2D eigenvalue weighted by atomic mass is 16.1. The quantitative estimate of drug-likeness (QED) is 0.733. The van der Waals surface area contributed by atoms with Crippen molar-refractivity contribution in [2.75, 3.05) is 6.54 Å². The second-order valence-electron chi connectivity index (χ2n) is 5.59.